The van der Waals surface area contributed by atoms with E-state index in [9.17, 15) is 4.79 Å². The molecule has 4 rings (SSSR count). The molecule has 27 heavy (non-hydrogen) atoms. The van der Waals surface area contributed by atoms with Gasteiger partial charge in [-0.1, -0.05) is 19.1 Å². The third kappa shape index (κ3) is 3.96. The Morgan fingerprint density at radius 1 is 1.19 bits per heavy atom. The van der Waals surface area contributed by atoms with E-state index >= 15 is 0 Å². The fraction of sp³-hybridized carbons (Fsp3) is 0.263. The van der Waals surface area contributed by atoms with E-state index in [0.29, 0.717) is 30.5 Å². The highest BCUT2D eigenvalue weighted by atomic mass is 32.1. The quantitative estimate of drug-likeness (QED) is 0.489. The molecule has 0 radical (unpaired) electrons. The predicted octanol–water partition coefficient (Wildman–Crippen LogP) is 3.22. The normalized spacial score (nSPS) is 11.5. The fourth-order valence-corrected chi connectivity index (χ4v) is 3.60. The van der Waals surface area contributed by atoms with Gasteiger partial charge in [-0.3, -0.25) is 14.1 Å². The second-order valence-corrected chi connectivity index (χ2v) is 7.15. The van der Waals surface area contributed by atoms with Crippen molar-refractivity contribution in [1.82, 2.24) is 24.5 Å². The maximum absolute atomic E-state index is 12.3. The third-order valence-corrected chi connectivity index (χ3v) is 4.97. The molecule has 138 valence electrons. The van der Waals surface area contributed by atoms with Crippen LogP contribution in [0, 0.1) is 0 Å². The molecule has 8 heteroatoms. The van der Waals surface area contributed by atoms with Gasteiger partial charge in [0.25, 0.3) is 11.4 Å². The van der Waals surface area contributed by atoms with E-state index in [1.807, 2.05) is 35.7 Å². The molecule has 0 aliphatic heterocycles. The number of hydrogen-bond donors (Lipinski definition) is 0. The monoisotopic (exact) mass is 381 g/mol. The van der Waals surface area contributed by atoms with Crippen LogP contribution in [0.25, 0.3) is 16.4 Å². The highest BCUT2D eigenvalue weighted by Crippen LogP contribution is 2.23. The fourth-order valence-electron chi connectivity index (χ4n) is 2.95. The van der Waals surface area contributed by atoms with Crippen molar-refractivity contribution in [3.8, 4) is 10.8 Å². The SMILES string of the molecule is CCCN(Cc1cc(=O)n2ccccc2n1)Cc1nnc(-c2cccs2)o1. The predicted molar refractivity (Wildman–Crippen MR) is 103 cm³/mol. The minimum atomic E-state index is -0.0789. The highest BCUT2D eigenvalue weighted by molar-refractivity contribution is 7.13. The molecule has 0 unspecified atom stereocenters. The van der Waals surface area contributed by atoms with Crippen LogP contribution in [-0.2, 0) is 13.1 Å². The zero-order valence-corrected chi connectivity index (χ0v) is 15.7. The lowest BCUT2D eigenvalue weighted by molar-refractivity contribution is 0.229. The van der Waals surface area contributed by atoms with Crippen LogP contribution in [0.15, 0.2) is 57.2 Å². The molecule has 0 N–H and O–H groups in total. The van der Waals surface area contributed by atoms with E-state index in [1.54, 1.807) is 28.0 Å². The Hall–Kier alpha value is -2.84. The molecule has 0 aromatic carbocycles. The lowest BCUT2D eigenvalue weighted by Gasteiger charge is -2.19. The summed E-state index contributed by atoms with van der Waals surface area (Å²) in [6, 6.07) is 11.0. The molecule has 0 aliphatic carbocycles. The van der Waals surface area contributed by atoms with Crippen molar-refractivity contribution in [3.63, 3.8) is 0 Å². The van der Waals surface area contributed by atoms with Gasteiger partial charge >= 0.3 is 0 Å². The van der Waals surface area contributed by atoms with Crippen molar-refractivity contribution in [3.05, 3.63) is 69.9 Å². The molecule has 0 amide bonds. The van der Waals surface area contributed by atoms with Gasteiger partial charge in [-0.25, -0.2) is 4.98 Å². The van der Waals surface area contributed by atoms with Crippen molar-refractivity contribution in [1.29, 1.82) is 0 Å². The van der Waals surface area contributed by atoms with Gasteiger partial charge in [0.05, 0.1) is 17.1 Å². The molecule has 4 heterocycles. The van der Waals surface area contributed by atoms with E-state index in [1.165, 1.54) is 0 Å². The van der Waals surface area contributed by atoms with E-state index in [4.69, 9.17) is 4.42 Å². The third-order valence-electron chi connectivity index (χ3n) is 4.11. The summed E-state index contributed by atoms with van der Waals surface area (Å²) in [5, 5.41) is 10.3. The van der Waals surface area contributed by atoms with Gasteiger partial charge in [-0.15, -0.1) is 21.5 Å². The van der Waals surface area contributed by atoms with Crippen molar-refractivity contribution < 1.29 is 4.42 Å². The average molecular weight is 381 g/mol. The first kappa shape index (κ1) is 17.6. The van der Waals surface area contributed by atoms with Crippen LogP contribution in [0.3, 0.4) is 0 Å². The molecule has 0 saturated heterocycles. The molecule has 7 nitrogen and oxygen atoms in total. The Labute approximate surface area is 159 Å². The number of thiophene rings is 1. The standard InChI is InChI=1S/C19H19N5O2S/c1-2-8-23(13-17-21-22-19(26-17)15-6-5-10-27-15)12-14-11-18(25)24-9-4-3-7-16(24)20-14/h3-7,9-11H,2,8,12-13H2,1H3. The minimum absolute atomic E-state index is 0.0789. The Bertz CT molecular complexity index is 1090. The number of pyridine rings is 1. The van der Waals surface area contributed by atoms with Crippen molar-refractivity contribution in [2.45, 2.75) is 26.4 Å². The van der Waals surface area contributed by atoms with Crippen LogP contribution in [0.1, 0.15) is 24.9 Å². The summed E-state index contributed by atoms with van der Waals surface area (Å²) < 4.78 is 7.34. The maximum Gasteiger partial charge on any atom is 0.258 e. The molecule has 0 bridgehead atoms. The topological polar surface area (TPSA) is 76.5 Å². The Morgan fingerprint density at radius 3 is 2.93 bits per heavy atom. The van der Waals surface area contributed by atoms with Gasteiger partial charge in [0.1, 0.15) is 5.65 Å². The summed E-state index contributed by atoms with van der Waals surface area (Å²) in [6.45, 7) is 4.01. The first-order chi connectivity index (χ1) is 13.2. The minimum Gasteiger partial charge on any atom is -0.419 e. The molecule has 0 fully saturated rings. The van der Waals surface area contributed by atoms with Crippen LogP contribution in [0.5, 0.6) is 0 Å². The van der Waals surface area contributed by atoms with Gasteiger partial charge in [0.15, 0.2) is 0 Å². The van der Waals surface area contributed by atoms with Crippen LogP contribution >= 0.6 is 11.3 Å². The first-order valence-corrected chi connectivity index (χ1v) is 9.67. The maximum atomic E-state index is 12.3. The summed E-state index contributed by atoms with van der Waals surface area (Å²) in [6.07, 6.45) is 2.70. The average Bonchev–Trinajstić information content (AvgIpc) is 3.33. The number of aromatic nitrogens is 4. The molecule has 0 saturated carbocycles. The Kier molecular flexibility index (Phi) is 5.08. The smallest absolute Gasteiger partial charge is 0.258 e. The van der Waals surface area contributed by atoms with Gasteiger partial charge in [-0.05, 0) is 36.5 Å². The lowest BCUT2D eigenvalue weighted by Crippen LogP contribution is -2.26. The lowest BCUT2D eigenvalue weighted by atomic mass is 10.3. The summed E-state index contributed by atoms with van der Waals surface area (Å²) in [5.74, 6) is 1.10. The summed E-state index contributed by atoms with van der Waals surface area (Å²) >= 11 is 1.57. The van der Waals surface area contributed by atoms with Crippen LogP contribution < -0.4 is 5.56 Å². The second kappa shape index (κ2) is 7.81. The zero-order valence-electron chi connectivity index (χ0n) is 14.9. The van der Waals surface area contributed by atoms with Crippen molar-refractivity contribution in [2.24, 2.45) is 0 Å². The van der Waals surface area contributed by atoms with E-state index < -0.39 is 0 Å². The first-order valence-electron chi connectivity index (χ1n) is 8.79. The van der Waals surface area contributed by atoms with Crippen LogP contribution in [0.2, 0.25) is 0 Å². The van der Waals surface area contributed by atoms with Gasteiger partial charge in [0, 0.05) is 18.8 Å². The van der Waals surface area contributed by atoms with Crippen LogP contribution in [-0.4, -0.2) is 31.0 Å². The van der Waals surface area contributed by atoms with Gasteiger partial charge in [0.2, 0.25) is 5.89 Å². The largest absolute Gasteiger partial charge is 0.419 e. The Morgan fingerprint density at radius 2 is 2.11 bits per heavy atom. The highest BCUT2D eigenvalue weighted by Gasteiger charge is 2.15. The van der Waals surface area contributed by atoms with E-state index in [-0.39, 0.29) is 5.56 Å². The van der Waals surface area contributed by atoms with E-state index in [0.717, 1.165) is 23.5 Å². The summed E-state index contributed by atoms with van der Waals surface area (Å²) in [7, 11) is 0. The molecule has 4 aromatic rings. The second-order valence-electron chi connectivity index (χ2n) is 6.20. The zero-order chi connectivity index (χ0) is 18.6. The van der Waals surface area contributed by atoms with Crippen molar-refractivity contribution in [2.75, 3.05) is 6.54 Å². The number of rotatable bonds is 7. The van der Waals surface area contributed by atoms with Gasteiger partial charge < -0.3 is 4.42 Å². The van der Waals surface area contributed by atoms with Crippen LogP contribution in [0.4, 0.5) is 0 Å². The number of fused-ring (bicyclic) bond motifs is 1. The molecule has 0 aliphatic rings. The Balaban J connectivity index is 1.54. The molecular formula is C19H19N5O2S. The molecule has 0 spiro atoms. The van der Waals surface area contributed by atoms with E-state index in [2.05, 4.69) is 27.0 Å². The summed E-state index contributed by atoms with van der Waals surface area (Å²) in [4.78, 5) is 20.0. The number of hydrogen-bond acceptors (Lipinski definition) is 7. The molecule has 0 atom stereocenters. The van der Waals surface area contributed by atoms with Gasteiger partial charge in [-0.2, -0.15) is 0 Å². The number of nitrogens with zero attached hydrogens (tertiary/aromatic N) is 5. The van der Waals surface area contributed by atoms with Crippen molar-refractivity contribution >= 4 is 17.0 Å². The molecular weight excluding hydrogens is 362 g/mol. The molecule has 4 aromatic heterocycles. The summed E-state index contributed by atoms with van der Waals surface area (Å²) in [5.41, 5.74) is 1.30.